The van der Waals surface area contributed by atoms with Gasteiger partial charge >= 0.3 is 18.0 Å². The number of hydrogen-bond donors (Lipinski definition) is 4. The maximum Gasteiger partial charge on any atom is 0.408 e. The van der Waals surface area contributed by atoms with E-state index in [4.69, 9.17) is 28.4 Å². The van der Waals surface area contributed by atoms with Crippen molar-refractivity contribution in [2.24, 2.45) is 16.7 Å². The third-order valence-corrected chi connectivity index (χ3v) is 12.7. The molecule has 1 saturated heterocycles. The molecule has 3 aliphatic carbocycles. The molecule has 2 aromatic carbocycles. The molecule has 4 aliphatic rings. The highest BCUT2D eigenvalue weighted by molar-refractivity contribution is 5.94. The molecule has 1 aliphatic heterocycles. The number of ether oxygens (including phenoxy) is 6. The molecule has 2 bridgehead atoms. The quantitative estimate of drug-likeness (QED) is 0.162. The van der Waals surface area contributed by atoms with E-state index >= 15 is 4.79 Å². The Morgan fingerprint density at radius 3 is 2.09 bits per heavy atom. The molecule has 0 aromatic heterocycles. The van der Waals surface area contributed by atoms with Crippen molar-refractivity contribution in [1.82, 2.24) is 5.32 Å². The molecule has 1 amide bonds. The van der Waals surface area contributed by atoms with Crippen molar-refractivity contribution in [2.45, 2.75) is 121 Å². The van der Waals surface area contributed by atoms with E-state index in [0.717, 1.165) is 0 Å². The molecule has 2 saturated carbocycles. The molecule has 6 rings (SSSR count). The van der Waals surface area contributed by atoms with Crippen LogP contribution in [0.1, 0.15) is 83.3 Å². The van der Waals surface area contributed by atoms with Crippen LogP contribution in [0.3, 0.4) is 0 Å². The summed E-state index contributed by atoms with van der Waals surface area (Å²) in [5.41, 5.74) is -6.69. The van der Waals surface area contributed by atoms with E-state index < -0.39 is 106 Å². The number of hydrogen-bond acceptors (Lipinski definition) is 13. The lowest BCUT2D eigenvalue weighted by Gasteiger charge is -2.67. The van der Waals surface area contributed by atoms with E-state index in [2.05, 4.69) is 5.32 Å². The Kier molecular flexibility index (Phi) is 11.3. The zero-order chi connectivity index (χ0) is 41.9. The summed E-state index contributed by atoms with van der Waals surface area (Å²) in [5, 5.41) is 40.2. The number of esters is 2. The fraction of sp³-hybridized carbons (Fsp3) is 0.581. The molecule has 2 aromatic rings. The van der Waals surface area contributed by atoms with Gasteiger partial charge in [-0.25, -0.2) is 14.4 Å². The van der Waals surface area contributed by atoms with E-state index in [0.29, 0.717) is 11.1 Å². The molecule has 0 spiro atoms. The Labute approximate surface area is 332 Å². The predicted octanol–water partition coefficient (Wildman–Crippen LogP) is 4.00. The van der Waals surface area contributed by atoms with E-state index in [1.165, 1.54) is 14.2 Å². The molecule has 0 radical (unpaired) electrons. The van der Waals surface area contributed by atoms with Gasteiger partial charge in [0.25, 0.3) is 0 Å². The number of methoxy groups -OCH3 is 2. The standard InChI is InChI=1S/C43H55NO13/c1-23-26(55-37(48)31(45)30(24-16-12-10-13-17-24)44-38(49)57-39(2,3)4)21-43(51)35(56-36(47)25-18-14-11-15-19-25)33-41(7,27(52-8)20-28-42(33,50)22-54-28)34(46)32(53-9)29(23)40(43,5)6/h10-19,26-28,30-33,35,45,50-51H,20-22H2,1-9H3,(H,44,49)/t26-,27-,28+,30-,31+,32?,33-,35-,41+,42-,43+/m0/s1. The number of fused-ring (bicyclic) bond motifs is 5. The van der Waals surface area contributed by atoms with E-state index in [1.807, 2.05) is 0 Å². The van der Waals surface area contributed by atoms with Crippen molar-refractivity contribution in [2.75, 3.05) is 20.8 Å². The molecule has 1 heterocycles. The first-order valence-electron chi connectivity index (χ1n) is 19.2. The van der Waals surface area contributed by atoms with Gasteiger partial charge in [-0.1, -0.05) is 62.4 Å². The first kappa shape index (κ1) is 42.4. The Morgan fingerprint density at radius 2 is 1.54 bits per heavy atom. The fourth-order valence-corrected chi connectivity index (χ4v) is 9.67. The Bertz CT molecular complexity index is 1890. The number of carbonyl (C=O) groups is 4. The van der Waals surface area contributed by atoms with Gasteiger partial charge in [0.15, 0.2) is 11.9 Å². The second-order valence-corrected chi connectivity index (χ2v) is 17.4. The number of aliphatic hydroxyl groups excluding tert-OH is 1. The molecule has 57 heavy (non-hydrogen) atoms. The van der Waals surface area contributed by atoms with Crippen LogP contribution in [-0.4, -0.2) is 113 Å². The second-order valence-electron chi connectivity index (χ2n) is 17.4. The average Bonchev–Trinajstić information content (AvgIpc) is 3.15. The number of amides is 1. The Morgan fingerprint density at radius 1 is 0.930 bits per heavy atom. The third-order valence-electron chi connectivity index (χ3n) is 12.7. The molecular weight excluding hydrogens is 738 g/mol. The molecule has 14 nitrogen and oxygen atoms in total. The van der Waals surface area contributed by atoms with Crippen molar-refractivity contribution >= 4 is 23.8 Å². The minimum Gasteiger partial charge on any atom is -0.456 e. The van der Waals surface area contributed by atoms with Gasteiger partial charge in [0.1, 0.15) is 35.1 Å². The smallest absolute Gasteiger partial charge is 0.408 e. The number of carbonyl (C=O) groups excluding carboxylic acids is 4. The van der Waals surface area contributed by atoms with Crippen LogP contribution in [0.5, 0.6) is 0 Å². The number of benzene rings is 2. The number of ketones is 1. The number of rotatable bonds is 9. The molecule has 11 atom stereocenters. The van der Waals surface area contributed by atoms with Crippen LogP contribution in [0.25, 0.3) is 0 Å². The molecular formula is C43H55NO13. The summed E-state index contributed by atoms with van der Waals surface area (Å²) in [7, 11) is 2.80. The molecule has 4 N–H and O–H groups in total. The van der Waals surface area contributed by atoms with E-state index in [9.17, 15) is 29.7 Å². The minimum atomic E-state index is -2.18. The molecule has 1 unspecified atom stereocenters. The largest absolute Gasteiger partial charge is 0.456 e. The topological polar surface area (TPSA) is 196 Å². The van der Waals surface area contributed by atoms with Crippen LogP contribution in [0.15, 0.2) is 71.8 Å². The van der Waals surface area contributed by atoms with Crippen molar-refractivity contribution in [3.8, 4) is 0 Å². The predicted molar refractivity (Wildman–Crippen MR) is 204 cm³/mol. The van der Waals surface area contributed by atoms with Gasteiger partial charge in [0.05, 0.1) is 35.8 Å². The number of aliphatic hydroxyl groups is 3. The van der Waals surface area contributed by atoms with Gasteiger partial charge in [-0.15, -0.1) is 0 Å². The van der Waals surface area contributed by atoms with Crippen LogP contribution in [0.4, 0.5) is 4.79 Å². The van der Waals surface area contributed by atoms with Gasteiger partial charge in [-0.05, 0) is 63.5 Å². The molecule has 3 fully saturated rings. The van der Waals surface area contributed by atoms with Gasteiger partial charge in [0, 0.05) is 38.4 Å². The summed E-state index contributed by atoms with van der Waals surface area (Å²) >= 11 is 0. The van der Waals surface area contributed by atoms with Crippen LogP contribution < -0.4 is 5.32 Å². The van der Waals surface area contributed by atoms with Crippen molar-refractivity contribution in [3.05, 3.63) is 82.9 Å². The lowest BCUT2D eigenvalue weighted by molar-refractivity contribution is -0.345. The van der Waals surface area contributed by atoms with Crippen LogP contribution in [-0.2, 0) is 38.0 Å². The summed E-state index contributed by atoms with van der Waals surface area (Å²) < 4.78 is 35.7. The Balaban J connectivity index is 1.48. The Hall–Kier alpha value is -4.18. The SMILES string of the molecule is COC1C(=O)[C@]2(C)[C@@H](OC)C[C@H]3OC[C@@]3(O)[C@H]2[C@H](OC(=O)c2ccccc2)[C@]2(O)C[C@H](OC(=O)[C@H](O)[C@@H](NC(=O)OC(C)(C)C)c3ccccc3)C(C)=C1C2(C)C. The minimum absolute atomic E-state index is 0.138. The van der Waals surface area contributed by atoms with Crippen molar-refractivity contribution in [3.63, 3.8) is 0 Å². The summed E-state index contributed by atoms with van der Waals surface area (Å²) in [6.07, 6.45) is -9.10. The number of nitrogens with one attached hydrogen (secondary N) is 1. The highest BCUT2D eigenvalue weighted by atomic mass is 16.6. The van der Waals surface area contributed by atoms with Crippen LogP contribution in [0, 0.1) is 16.7 Å². The van der Waals surface area contributed by atoms with Gasteiger partial charge in [0.2, 0.25) is 0 Å². The van der Waals surface area contributed by atoms with Gasteiger partial charge in [-0.2, -0.15) is 0 Å². The summed E-state index contributed by atoms with van der Waals surface area (Å²) in [6, 6.07) is 15.1. The summed E-state index contributed by atoms with van der Waals surface area (Å²) in [4.78, 5) is 56.5. The number of Topliss-reactive ketones (excluding diaryl/α,β-unsaturated/α-hetero) is 1. The highest BCUT2D eigenvalue weighted by Crippen LogP contribution is 2.64. The zero-order valence-electron chi connectivity index (χ0n) is 33.9. The van der Waals surface area contributed by atoms with Crippen molar-refractivity contribution < 1.29 is 62.9 Å². The number of alkyl carbamates (subject to hydrolysis) is 1. The third kappa shape index (κ3) is 7.08. The van der Waals surface area contributed by atoms with Crippen LogP contribution >= 0.6 is 0 Å². The van der Waals surface area contributed by atoms with Crippen molar-refractivity contribution in [1.29, 1.82) is 0 Å². The average molecular weight is 794 g/mol. The first-order valence-corrected chi connectivity index (χ1v) is 19.2. The zero-order valence-corrected chi connectivity index (χ0v) is 33.9. The maximum atomic E-state index is 15.3. The lowest BCUT2D eigenvalue weighted by Crippen LogP contribution is -2.81. The molecule has 310 valence electrons. The summed E-state index contributed by atoms with van der Waals surface area (Å²) in [6.45, 7) is 11.5. The highest BCUT2D eigenvalue weighted by Gasteiger charge is 2.76. The van der Waals surface area contributed by atoms with E-state index in [-0.39, 0.29) is 24.2 Å². The lowest BCUT2D eigenvalue weighted by atomic mass is 9.44. The molecule has 14 heteroatoms. The monoisotopic (exact) mass is 793 g/mol. The fourth-order valence-electron chi connectivity index (χ4n) is 9.67. The summed E-state index contributed by atoms with van der Waals surface area (Å²) in [5.74, 6) is -3.79. The van der Waals surface area contributed by atoms with Gasteiger partial charge in [-0.3, -0.25) is 4.79 Å². The maximum absolute atomic E-state index is 15.3. The van der Waals surface area contributed by atoms with Gasteiger partial charge < -0.3 is 49.1 Å². The van der Waals surface area contributed by atoms with E-state index in [1.54, 1.807) is 109 Å². The second kappa shape index (κ2) is 15.2. The first-order chi connectivity index (χ1) is 26.6. The van der Waals surface area contributed by atoms with Crippen LogP contribution in [0.2, 0.25) is 0 Å². The normalized spacial score (nSPS) is 34.2.